The molecular weight excluding hydrogens is 437 g/mol. The molecule has 9 heteroatoms. The van der Waals surface area contributed by atoms with E-state index in [1.165, 1.54) is 0 Å². The molecule has 2 amide bonds. The maximum absolute atomic E-state index is 11.9. The Balaban J connectivity index is 0.00000576. The second-order valence-electron chi connectivity index (χ2n) is 7.03. The molecule has 0 bridgehead atoms. The van der Waals surface area contributed by atoms with Gasteiger partial charge in [-0.2, -0.15) is 0 Å². The van der Waals surface area contributed by atoms with E-state index in [-0.39, 0.29) is 42.0 Å². The summed E-state index contributed by atoms with van der Waals surface area (Å²) >= 11 is 0. The first-order chi connectivity index (χ1) is 11.1. The van der Waals surface area contributed by atoms with E-state index in [4.69, 9.17) is 4.74 Å². The van der Waals surface area contributed by atoms with Crippen molar-refractivity contribution in [2.75, 3.05) is 40.3 Å². The second kappa shape index (κ2) is 10.7. The summed E-state index contributed by atoms with van der Waals surface area (Å²) in [5, 5.41) is 6.42. The highest BCUT2D eigenvalue weighted by Gasteiger charge is 2.34. The van der Waals surface area contributed by atoms with Crippen molar-refractivity contribution >= 4 is 41.9 Å². The highest BCUT2D eigenvalue weighted by molar-refractivity contribution is 14.0. The molecule has 0 aromatic rings. The molecule has 0 aromatic carbocycles. The van der Waals surface area contributed by atoms with Crippen molar-refractivity contribution in [3.05, 3.63) is 0 Å². The van der Waals surface area contributed by atoms with Crippen molar-refractivity contribution in [2.45, 2.75) is 45.8 Å². The number of rotatable bonds is 5. The SMILES string of the molecule is CCNC(=NCCC(=O)N(C)C)NC1CN(C(=O)OC(C)(C)C)C1.I. The Hall–Kier alpha value is -1.26. The first kappa shape index (κ1) is 23.7. The Morgan fingerprint density at radius 3 is 2.36 bits per heavy atom. The number of hydrogen-bond acceptors (Lipinski definition) is 4. The molecule has 0 atom stereocenters. The summed E-state index contributed by atoms with van der Waals surface area (Å²) in [4.78, 5) is 31.1. The molecule has 0 aromatic heterocycles. The number of guanidine groups is 1. The molecule has 8 nitrogen and oxygen atoms in total. The van der Waals surface area contributed by atoms with Crippen LogP contribution in [0, 0.1) is 0 Å². The fourth-order valence-electron chi connectivity index (χ4n) is 2.05. The molecule has 1 fully saturated rings. The molecule has 1 heterocycles. The van der Waals surface area contributed by atoms with Crippen molar-refractivity contribution in [2.24, 2.45) is 4.99 Å². The number of amides is 2. The molecule has 0 radical (unpaired) electrons. The van der Waals surface area contributed by atoms with E-state index in [9.17, 15) is 9.59 Å². The minimum absolute atomic E-state index is 0. The van der Waals surface area contributed by atoms with Crippen LogP contribution < -0.4 is 10.6 Å². The zero-order valence-corrected chi connectivity index (χ0v) is 18.4. The van der Waals surface area contributed by atoms with Crippen molar-refractivity contribution in [1.82, 2.24) is 20.4 Å². The van der Waals surface area contributed by atoms with Crippen molar-refractivity contribution in [3.8, 4) is 0 Å². The Morgan fingerprint density at radius 1 is 1.28 bits per heavy atom. The Morgan fingerprint density at radius 2 is 1.88 bits per heavy atom. The average Bonchev–Trinajstić information content (AvgIpc) is 2.39. The zero-order chi connectivity index (χ0) is 18.3. The van der Waals surface area contributed by atoms with Crippen LogP contribution in [-0.2, 0) is 9.53 Å². The molecule has 25 heavy (non-hydrogen) atoms. The molecule has 0 spiro atoms. The van der Waals surface area contributed by atoms with E-state index in [1.807, 2.05) is 27.7 Å². The molecule has 1 aliphatic heterocycles. The number of ether oxygens (including phenoxy) is 1. The van der Waals surface area contributed by atoms with E-state index >= 15 is 0 Å². The predicted octanol–water partition coefficient (Wildman–Crippen LogP) is 1.26. The molecular formula is C16H32IN5O3. The highest BCUT2D eigenvalue weighted by Crippen LogP contribution is 2.15. The van der Waals surface area contributed by atoms with Gasteiger partial charge in [-0.1, -0.05) is 0 Å². The Kier molecular flexibility index (Phi) is 10.1. The van der Waals surface area contributed by atoms with Gasteiger partial charge in [-0.3, -0.25) is 9.79 Å². The van der Waals surface area contributed by atoms with Crippen LogP contribution in [0.2, 0.25) is 0 Å². The summed E-state index contributed by atoms with van der Waals surface area (Å²) < 4.78 is 5.33. The summed E-state index contributed by atoms with van der Waals surface area (Å²) in [6, 6.07) is 0.139. The average molecular weight is 469 g/mol. The van der Waals surface area contributed by atoms with Gasteiger partial charge in [0.15, 0.2) is 5.96 Å². The molecule has 0 saturated carbocycles. The highest BCUT2D eigenvalue weighted by atomic mass is 127. The number of nitrogens with zero attached hydrogens (tertiary/aromatic N) is 3. The molecule has 1 rings (SSSR count). The fraction of sp³-hybridized carbons (Fsp3) is 0.812. The van der Waals surface area contributed by atoms with Gasteiger partial charge >= 0.3 is 6.09 Å². The van der Waals surface area contributed by atoms with E-state index in [0.717, 1.165) is 6.54 Å². The summed E-state index contributed by atoms with van der Waals surface area (Å²) in [6.45, 7) is 9.86. The van der Waals surface area contributed by atoms with Gasteiger partial charge in [-0.25, -0.2) is 4.79 Å². The largest absolute Gasteiger partial charge is 0.444 e. The number of carbonyl (C=O) groups excluding carboxylic acids is 2. The fourth-order valence-corrected chi connectivity index (χ4v) is 2.05. The normalized spacial score (nSPS) is 15.0. The zero-order valence-electron chi connectivity index (χ0n) is 16.1. The van der Waals surface area contributed by atoms with Gasteiger partial charge in [0.05, 0.1) is 12.6 Å². The van der Waals surface area contributed by atoms with Crippen LogP contribution in [0.1, 0.15) is 34.1 Å². The maximum atomic E-state index is 11.9. The minimum atomic E-state index is -0.481. The minimum Gasteiger partial charge on any atom is -0.444 e. The number of likely N-dealkylation sites (tertiary alicyclic amines) is 1. The van der Waals surface area contributed by atoms with E-state index in [2.05, 4.69) is 15.6 Å². The van der Waals surface area contributed by atoms with Gasteiger partial charge in [-0.15, -0.1) is 24.0 Å². The van der Waals surface area contributed by atoms with E-state index < -0.39 is 5.60 Å². The lowest BCUT2D eigenvalue weighted by atomic mass is 10.1. The first-order valence-corrected chi connectivity index (χ1v) is 8.35. The number of hydrogen-bond donors (Lipinski definition) is 2. The monoisotopic (exact) mass is 469 g/mol. The first-order valence-electron chi connectivity index (χ1n) is 8.35. The van der Waals surface area contributed by atoms with Crippen LogP contribution in [0.4, 0.5) is 4.79 Å². The van der Waals surface area contributed by atoms with Crippen LogP contribution in [0.15, 0.2) is 4.99 Å². The van der Waals surface area contributed by atoms with Gasteiger partial charge in [0, 0.05) is 40.2 Å². The number of halogens is 1. The summed E-state index contributed by atoms with van der Waals surface area (Å²) in [5.74, 6) is 0.715. The third-order valence-corrected chi connectivity index (χ3v) is 3.31. The summed E-state index contributed by atoms with van der Waals surface area (Å²) in [5.41, 5.74) is -0.481. The molecule has 0 unspecified atom stereocenters. The molecule has 146 valence electrons. The van der Waals surface area contributed by atoms with Gasteiger partial charge in [0.1, 0.15) is 5.60 Å². The molecule has 0 aliphatic carbocycles. The lowest BCUT2D eigenvalue weighted by molar-refractivity contribution is -0.128. The summed E-state index contributed by atoms with van der Waals surface area (Å²) in [7, 11) is 3.46. The second-order valence-corrected chi connectivity index (χ2v) is 7.03. The van der Waals surface area contributed by atoms with Crippen molar-refractivity contribution in [3.63, 3.8) is 0 Å². The standard InChI is InChI=1S/C16H31N5O3.HI/c1-7-17-14(18-9-8-13(22)20(5)6)19-12-10-21(11-12)15(23)24-16(2,3)4;/h12H,7-11H2,1-6H3,(H2,17,18,19);1H. The quantitative estimate of drug-likeness (QED) is 0.360. The number of nitrogens with one attached hydrogen (secondary N) is 2. The lowest BCUT2D eigenvalue weighted by Gasteiger charge is -2.40. The van der Waals surface area contributed by atoms with Crippen molar-refractivity contribution in [1.29, 1.82) is 0 Å². The van der Waals surface area contributed by atoms with Gasteiger partial charge < -0.3 is 25.2 Å². The van der Waals surface area contributed by atoms with Crippen LogP contribution in [-0.4, -0.2) is 79.7 Å². The van der Waals surface area contributed by atoms with E-state index in [1.54, 1.807) is 23.9 Å². The predicted molar refractivity (Wildman–Crippen MR) is 109 cm³/mol. The topological polar surface area (TPSA) is 86.3 Å². The third kappa shape index (κ3) is 9.13. The van der Waals surface area contributed by atoms with Crippen LogP contribution in [0.3, 0.4) is 0 Å². The number of carbonyl (C=O) groups is 2. The molecule has 2 N–H and O–H groups in total. The van der Waals surface area contributed by atoms with Gasteiger partial charge in [-0.05, 0) is 27.7 Å². The Bertz CT molecular complexity index is 471. The van der Waals surface area contributed by atoms with Crippen LogP contribution in [0.25, 0.3) is 0 Å². The Labute approximate surface area is 167 Å². The maximum Gasteiger partial charge on any atom is 0.410 e. The smallest absolute Gasteiger partial charge is 0.410 e. The van der Waals surface area contributed by atoms with Gasteiger partial charge in [0.2, 0.25) is 5.91 Å². The third-order valence-electron chi connectivity index (χ3n) is 3.31. The molecule has 1 saturated heterocycles. The molecule has 1 aliphatic rings. The lowest BCUT2D eigenvalue weighted by Crippen LogP contribution is -2.63. The van der Waals surface area contributed by atoms with E-state index in [0.29, 0.717) is 32.0 Å². The van der Waals surface area contributed by atoms with Crippen LogP contribution in [0.5, 0.6) is 0 Å². The van der Waals surface area contributed by atoms with Crippen LogP contribution >= 0.6 is 24.0 Å². The summed E-state index contributed by atoms with van der Waals surface area (Å²) in [6.07, 6.45) is 0.0808. The van der Waals surface area contributed by atoms with Gasteiger partial charge in [0.25, 0.3) is 0 Å². The number of aliphatic imine (C=N–C) groups is 1. The van der Waals surface area contributed by atoms with Crippen molar-refractivity contribution < 1.29 is 14.3 Å².